The number of amides is 1. The van der Waals surface area contributed by atoms with Crippen LogP contribution in [0.2, 0.25) is 0 Å². The van der Waals surface area contributed by atoms with Gasteiger partial charge in [-0.05, 0) is 6.07 Å². The van der Waals surface area contributed by atoms with Crippen molar-refractivity contribution in [2.75, 3.05) is 12.3 Å². The van der Waals surface area contributed by atoms with Crippen molar-refractivity contribution in [3.63, 3.8) is 0 Å². The van der Waals surface area contributed by atoms with Crippen molar-refractivity contribution in [3.8, 4) is 0 Å². The number of carbonyl (C=O) groups excluding carboxylic acids is 1. The van der Waals surface area contributed by atoms with Crippen LogP contribution in [0.5, 0.6) is 0 Å². The van der Waals surface area contributed by atoms with Gasteiger partial charge in [0.2, 0.25) is 0 Å². The lowest BCUT2D eigenvalue weighted by Crippen LogP contribution is -2.27. The summed E-state index contributed by atoms with van der Waals surface area (Å²) in [6.07, 6.45) is 3.37. The highest BCUT2D eigenvalue weighted by molar-refractivity contribution is 5.98. The summed E-state index contributed by atoms with van der Waals surface area (Å²) >= 11 is 0. The van der Waals surface area contributed by atoms with Crippen LogP contribution in [-0.2, 0) is 13.5 Å². The first-order valence-electron chi connectivity index (χ1n) is 6.14. The van der Waals surface area contributed by atoms with Crippen LogP contribution in [-0.4, -0.2) is 32.1 Å². The number of anilines is 1. The molecule has 0 saturated carbocycles. The van der Waals surface area contributed by atoms with Crippen molar-refractivity contribution in [2.24, 2.45) is 7.05 Å². The van der Waals surface area contributed by atoms with Crippen LogP contribution < -0.4 is 11.1 Å². The van der Waals surface area contributed by atoms with Crippen LogP contribution in [0.1, 0.15) is 16.1 Å². The summed E-state index contributed by atoms with van der Waals surface area (Å²) in [7, 11) is 1.80. The molecule has 0 unspecified atom stereocenters. The summed E-state index contributed by atoms with van der Waals surface area (Å²) in [5.41, 5.74) is 6.11. The van der Waals surface area contributed by atoms with Crippen molar-refractivity contribution >= 4 is 17.4 Å². The molecule has 3 N–H and O–H groups in total. The Kier molecular flexibility index (Phi) is 4.12. The minimum absolute atomic E-state index is 0.00905. The maximum atomic E-state index is 12.0. The number of nitro groups is 1. The molecule has 9 heteroatoms. The molecule has 110 valence electrons. The van der Waals surface area contributed by atoms with Crippen molar-refractivity contribution < 1.29 is 9.72 Å². The smallest absolute Gasteiger partial charge is 0.288 e. The van der Waals surface area contributed by atoms with Crippen molar-refractivity contribution in [2.45, 2.75) is 6.42 Å². The molecule has 0 fully saturated rings. The number of hydrogen-bond donors (Lipinski definition) is 2. The van der Waals surface area contributed by atoms with E-state index in [0.717, 1.165) is 18.0 Å². The number of aromatic nitrogens is 3. The predicted octanol–water partition coefficient (Wildman–Crippen LogP) is 0.278. The first-order valence-corrected chi connectivity index (χ1v) is 6.14. The molecular formula is C12H14N6O3. The minimum Gasteiger partial charge on any atom is -0.383 e. The van der Waals surface area contributed by atoms with Gasteiger partial charge in [0.25, 0.3) is 11.6 Å². The van der Waals surface area contributed by atoms with E-state index in [0.29, 0.717) is 13.0 Å². The average molecular weight is 290 g/mol. The Morgan fingerprint density at radius 2 is 2.33 bits per heavy atom. The SMILES string of the molecule is Cn1ccc(CCNC(=O)c2cc([N+](=O)[O-])cnc2N)n1. The van der Waals surface area contributed by atoms with Gasteiger partial charge in [0.1, 0.15) is 12.0 Å². The molecule has 2 aromatic rings. The second-order valence-electron chi connectivity index (χ2n) is 4.37. The third-order valence-corrected chi connectivity index (χ3v) is 2.80. The van der Waals surface area contributed by atoms with Crippen LogP contribution in [0.4, 0.5) is 11.5 Å². The molecule has 0 saturated heterocycles. The summed E-state index contributed by atoms with van der Waals surface area (Å²) in [5, 5.41) is 17.5. The highest BCUT2D eigenvalue weighted by Crippen LogP contribution is 2.16. The first-order chi connectivity index (χ1) is 9.97. The van der Waals surface area contributed by atoms with Gasteiger partial charge in [-0.1, -0.05) is 0 Å². The van der Waals surface area contributed by atoms with Crippen LogP contribution in [0.25, 0.3) is 0 Å². The van der Waals surface area contributed by atoms with Crippen LogP contribution >= 0.6 is 0 Å². The monoisotopic (exact) mass is 290 g/mol. The number of nitrogens with one attached hydrogen (secondary N) is 1. The fourth-order valence-corrected chi connectivity index (χ4v) is 1.74. The molecule has 0 atom stereocenters. The Labute approximate surface area is 119 Å². The van der Waals surface area contributed by atoms with Gasteiger partial charge in [0.15, 0.2) is 0 Å². The van der Waals surface area contributed by atoms with Crippen LogP contribution in [0.3, 0.4) is 0 Å². The Morgan fingerprint density at radius 3 is 2.95 bits per heavy atom. The zero-order valence-electron chi connectivity index (χ0n) is 11.3. The predicted molar refractivity (Wildman–Crippen MR) is 74.5 cm³/mol. The molecule has 0 aromatic carbocycles. The van der Waals surface area contributed by atoms with Crippen LogP contribution in [0, 0.1) is 10.1 Å². The average Bonchev–Trinajstić information content (AvgIpc) is 2.84. The third kappa shape index (κ3) is 3.53. The number of pyridine rings is 1. The first kappa shape index (κ1) is 14.4. The van der Waals surface area contributed by atoms with Gasteiger partial charge in [-0.15, -0.1) is 0 Å². The highest BCUT2D eigenvalue weighted by atomic mass is 16.6. The standard InChI is InChI=1S/C12H14N6O3/c1-17-5-3-8(16-17)2-4-14-12(19)10-6-9(18(20)21)7-15-11(10)13/h3,5-7H,2,4H2,1H3,(H2,13,15)(H,14,19). The molecule has 2 rings (SSSR count). The molecule has 0 spiro atoms. The van der Waals surface area contributed by atoms with Crippen molar-refractivity contribution in [1.82, 2.24) is 20.1 Å². The molecule has 0 aliphatic rings. The molecule has 0 aliphatic carbocycles. The number of aryl methyl sites for hydroxylation is 1. The number of rotatable bonds is 5. The molecule has 0 bridgehead atoms. The quantitative estimate of drug-likeness (QED) is 0.601. The molecule has 0 aliphatic heterocycles. The fourth-order valence-electron chi connectivity index (χ4n) is 1.74. The van der Waals surface area contributed by atoms with Crippen LogP contribution in [0.15, 0.2) is 24.5 Å². The topological polar surface area (TPSA) is 129 Å². The highest BCUT2D eigenvalue weighted by Gasteiger charge is 2.16. The minimum atomic E-state index is -0.628. The number of nitrogens with two attached hydrogens (primary N) is 1. The molecule has 2 heterocycles. The van der Waals surface area contributed by atoms with E-state index in [9.17, 15) is 14.9 Å². The van der Waals surface area contributed by atoms with Gasteiger partial charge >= 0.3 is 0 Å². The summed E-state index contributed by atoms with van der Waals surface area (Å²) in [4.78, 5) is 25.6. The second-order valence-corrected chi connectivity index (χ2v) is 4.37. The Balaban J connectivity index is 1.99. The van der Waals surface area contributed by atoms with Gasteiger partial charge in [-0.3, -0.25) is 19.6 Å². The van der Waals surface area contributed by atoms with E-state index in [1.165, 1.54) is 0 Å². The maximum absolute atomic E-state index is 12.0. The number of nitrogen functional groups attached to an aromatic ring is 1. The summed E-state index contributed by atoms with van der Waals surface area (Å²) in [6, 6.07) is 2.95. The van der Waals surface area contributed by atoms with Gasteiger partial charge in [0.05, 0.1) is 16.2 Å². The molecule has 2 aromatic heterocycles. The summed E-state index contributed by atoms with van der Waals surface area (Å²) < 4.78 is 1.67. The number of nitrogens with zero attached hydrogens (tertiary/aromatic N) is 4. The van der Waals surface area contributed by atoms with Gasteiger partial charge in [-0.2, -0.15) is 5.10 Å². The Hall–Kier alpha value is -2.97. The molecule has 1 amide bonds. The molecular weight excluding hydrogens is 276 g/mol. The molecule has 21 heavy (non-hydrogen) atoms. The fraction of sp³-hybridized carbons (Fsp3) is 0.250. The van der Waals surface area contributed by atoms with E-state index in [1.807, 2.05) is 6.07 Å². The van der Waals surface area contributed by atoms with E-state index in [-0.39, 0.29) is 17.1 Å². The van der Waals surface area contributed by atoms with Crippen molar-refractivity contribution in [3.05, 3.63) is 45.9 Å². The Morgan fingerprint density at radius 1 is 1.57 bits per heavy atom. The van der Waals surface area contributed by atoms with E-state index < -0.39 is 10.8 Å². The van der Waals surface area contributed by atoms with E-state index >= 15 is 0 Å². The zero-order chi connectivity index (χ0) is 15.4. The van der Waals surface area contributed by atoms with Gasteiger partial charge in [-0.25, -0.2) is 4.98 Å². The molecule has 9 nitrogen and oxygen atoms in total. The second kappa shape index (κ2) is 5.99. The third-order valence-electron chi connectivity index (χ3n) is 2.80. The number of carbonyl (C=O) groups is 1. The summed E-state index contributed by atoms with van der Waals surface area (Å²) in [6.45, 7) is 0.345. The van der Waals surface area contributed by atoms with Gasteiger partial charge in [0, 0.05) is 32.3 Å². The lowest BCUT2D eigenvalue weighted by molar-refractivity contribution is -0.385. The van der Waals surface area contributed by atoms with E-state index in [1.54, 1.807) is 17.9 Å². The van der Waals surface area contributed by atoms with E-state index in [2.05, 4.69) is 15.4 Å². The van der Waals surface area contributed by atoms with E-state index in [4.69, 9.17) is 5.73 Å². The molecule has 0 radical (unpaired) electrons. The zero-order valence-corrected chi connectivity index (χ0v) is 11.3. The van der Waals surface area contributed by atoms with Gasteiger partial charge < -0.3 is 11.1 Å². The van der Waals surface area contributed by atoms with Crippen molar-refractivity contribution in [1.29, 1.82) is 0 Å². The lowest BCUT2D eigenvalue weighted by Gasteiger charge is -2.06. The number of hydrogen-bond acceptors (Lipinski definition) is 6. The largest absolute Gasteiger partial charge is 0.383 e. The lowest BCUT2D eigenvalue weighted by atomic mass is 10.2. The normalized spacial score (nSPS) is 10.3. The maximum Gasteiger partial charge on any atom is 0.288 e. The Bertz CT molecular complexity index is 681. The summed E-state index contributed by atoms with van der Waals surface area (Å²) in [5.74, 6) is -0.546.